The van der Waals surface area contributed by atoms with Crippen molar-refractivity contribution >= 4 is 23.0 Å². The molecule has 0 aromatic heterocycles. The number of carbonyl (C=O) groups excluding carboxylic acids is 1. The van der Waals surface area contributed by atoms with Gasteiger partial charge in [-0.2, -0.15) is 0 Å². The number of nitrogens with two attached hydrogens (primary N) is 1. The maximum atomic E-state index is 10.9. The first-order chi connectivity index (χ1) is 7.04. The Morgan fingerprint density at radius 2 is 2.27 bits per heavy atom. The van der Waals surface area contributed by atoms with Gasteiger partial charge in [-0.25, -0.2) is 0 Å². The fourth-order valence-electron chi connectivity index (χ4n) is 1.16. The van der Waals surface area contributed by atoms with Crippen LogP contribution in [0.15, 0.2) is 18.2 Å². The molecule has 0 spiro atoms. The van der Waals surface area contributed by atoms with Gasteiger partial charge in [-0.1, -0.05) is 0 Å². The van der Waals surface area contributed by atoms with Gasteiger partial charge >= 0.3 is 0 Å². The number of hydrogen-bond donors (Lipinski definition) is 3. The highest BCUT2D eigenvalue weighted by molar-refractivity contribution is 5.93. The summed E-state index contributed by atoms with van der Waals surface area (Å²) in [6.07, 6.45) is 0. The Hall–Kier alpha value is -1.75. The molecule has 1 aromatic rings. The zero-order valence-electron chi connectivity index (χ0n) is 8.82. The summed E-state index contributed by atoms with van der Waals surface area (Å²) in [6, 6.07) is 5.18. The highest BCUT2D eigenvalue weighted by Gasteiger charge is 2.05. The van der Waals surface area contributed by atoms with Crippen molar-refractivity contribution in [1.82, 2.24) is 0 Å². The lowest BCUT2D eigenvalue weighted by Gasteiger charge is -2.17. The molecule has 5 nitrogen and oxygen atoms in total. The summed E-state index contributed by atoms with van der Waals surface area (Å²) in [4.78, 5) is 12.5. The monoisotopic (exact) mass is 209 g/mol. The number of carbonyl (C=O) groups is 1. The van der Waals surface area contributed by atoms with Crippen LogP contribution in [0.5, 0.6) is 0 Å². The summed E-state index contributed by atoms with van der Waals surface area (Å²) in [5, 5.41) is 11.6. The molecule has 0 fully saturated rings. The van der Waals surface area contributed by atoms with Crippen LogP contribution in [0.1, 0.15) is 6.92 Å². The summed E-state index contributed by atoms with van der Waals surface area (Å²) >= 11 is 0. The summed E-state index contributed by atoms with van der Waals surface area (Å²) in [7, 11) is 1.74. The Balaban J connectivity index is 2.99. The number of aliphatic hydroxyl groups is 1. The third kappa shape index (κ3) is 2.85. The van der Waals surface area contributed by atoms with Crippen molar-refractivity contribution in [2.75, 3.05) is 29.7 Å². The molecule has 0 atom stereocenters. The number of benzene rings is 1. The van der Waals surface area contributed by atoms with Crippen LogP contribution in [0.2, 0.25) is 0 Å². The predicted octanol–water partition coefficient (Wildman–Crippen LogP) is 0.613. The molecule has 1 rings (SSSR count). The van der Waals surface area contributed by atoms with Crippen LogP contribution in [0, 0.1) is 0 Å². The topological polar surface area (TPSA) is 78.6 Å². The van der Waals surface area contributed by atoms with Crippen LogP contribution in [0.25, 0.3) is 0 Å². The molecule has 0 aliphatic rings. The van der Waals surface area contributed by atoms with Gasteiger partial charge in [0.25, 0.3) is 0 Å². The van der Waals surface area contributed by atoms with E-state index in [-0.39, 0.29) is 12.6 Å². The van der Waals surface area contributed by atoms with Crippen LogP contribution in [0.4, 0.5) is 17.1 Å². The molecule has 0 radical (unpaired) electrons. The van der Waals surface area contributed by atoms with E-state index in [1.54, 1.807) is 30.1 Å². The summed E-state index contributed by atoms with van der Waals surface area (Å²) < 4.78 is 0. The third-order valence-electron chi connectivity index (χ3n) is 2.00. The van der Waals surface area contributed by atoms with E-state index in [2.05, 4.69) is 5.32 Å². The number of nitrogen functional groups attached to an aromatic ring is 1. The molecule has 1 amide bonds. The van der Waals surface area contributed by atoms with Crippen molar-refractivity contribution in [2.45, 2.75) is 6.92 Å². The molecule has 0 aliphatic carbocycles. The zero-order chi connectivity index (χ0) is 11.4. The quantitative estimate of drug-likeness (QED) is 0.503. The number of aliphatic hydroxyl groups excluding tert-OH is 1. The van der Waals surface area contributed by atoms with Gasteiger partial charge in [0.05, 0.1) is 11.4 Å². The molecule has 82 valence electrons. The van der Waals surface area contributed by atoms with Gasteiger partial charge in [-0.05, 0) is 18.2 Å². The molecule has 0 aliphatic heterocycles. The average molecular weight is 209 g/mol. The standard InChI is InChI=1S/C10H15N3O2/c1-7(15)12-10-5-8(13(2)6-14)3-4-9(10)11/h3-5,14H,6,11H2,1-2H3,(H,12,15). The van der Waals surface area contributed by atoms with Crippen molar-refractivity contribution in [3.8, 4) is 0 Å². The van der Waals surface area contributed by atoms with Crippen molar-refractivity contribution in [3.05, 3.63) is 18.2 Å². The predicted molar refractivity (Wildman–Crippen MR) is 60.6 cm³/mol. The van der Waals surface area contributed by atoms with Crippen LogP contribution in [-0.2, 0) is 4.79 Å². The van der Waals surface area contributed by atoms with Gasteiger partial charge in [0.15, 0.2) is 0 Å². The van der Waals surface area contributed by atoms with Gasteiger partial charge in [0, 0.05) is 19.7 Å². The van der Waals surface area contributed by atoms with Crippen molar-refractivity contribution in [3.63, 3.8) is 0 Å². The number of anilines is 3. The molecule has 0 bridgehead atoms. The van der Waals surface area contributed by atoms with Gasteiger partial charge in [-0.3, -0.25) is 4.79 Å². The molecule has 0 unspecified atom stereocenters. The highest BCUT2D eigenvalue weighted by atomic mass is 16.3. The SMILES string of the molecule is CC(=O)Nc1cc(N(C)CO)ccc1N. The Bertz CT molecular complexity index is 366. The summed E-state index contributed by atoms with van der Waals surface area (Å²) in [5.74, 6) is -0.175. The van der Waals surface area contributed by atoms with Crippen LogP contribution in [-0.4, -0.2) is 24.8 Å². The minimum atomic E-state index is -0.175. The maximum absolute atomic E-state index is 10.9. The normalized spacial score (nSPS) is 9.80. The van der Waals surface area contributed by atoms with Crippen LogP contribution < -0.4 is 16.0 Å². The summed E-state index contributed by atoms with van der Waals surface area (Å²) in [6.45, 7) is 1.32. The van der Waals surface area contributed by atoms with Crippen molar-refractivity contribution in [2.24, 2.45) is 0 Å². The zero-order valence-corrected chi connectivity index (χ0v) is 8.82. The fraction of sp³-hybridized carbons (Fsp3) is 0.300. The van der Waals surface area contributed by atoms with E-state index in [1.807, 2.05) is 0 Å². The summed E-state index contributed by atoms with van der Waals surface area (Å²) in [5.41, 5.74) is 7.53. The number of amides is 1. The number of hydrogen-bond acceptors (Lipinski definition) is 4. The lowest BCUT2D eigenvalue weighted by molar-refractivity contribution is -0.114. The first-order valence-corrected chi connectivity index (χ1v) is 4.53. The molecule has 0 saturated carbocycles. The molecular formula is C10H15N3O2. The molecule has 5 heteroatoms. The largest absolute Gasteiger partial charge is 0.397 e. The Morgan fingerprint density at radius 3 is 2.80 bits per heavy atom. The van der Waals surface area contributed by atoms with Crippen LogP contribution in [0.3, 0.4) is 0 Å². The Labute approximate surface area is 88.5 Å². The second kappa shape index (κ2) is 4.65. The number of nitrogens with zero attached hydrogens (tertiary/aromatic N) is 1. The third-order valence-corrected chi connectivity index (χ3v) is 2.00. The molecular weight excluding hydrogens is 194 g/mol. The number of nitrogens with one attached hydrogen (secondary N) is 1. The van der Waals surface area contributed by atoms with E-state index < -0.39 is 0 Å². The van der Waals surface area contributed by atoms with Gasteiger partial charge in [-0.15, -0.1) is 0 Å². The maximum Gasteiger partial charge on any atom is 0.221 e. The second-order valence-corrected chi connectivity index (χ2v) is 3.29. The second-order valence-electron chi connectivity index (χ2n) is 3.29. The smallest absolute Gasteiger partial charge is 0.221 e. The van der Waals surface area contributed by atoms with E-state index in [1.165, 1.54) is 6.92 Å². The Kier molecular flexibility index (Phi) is 3.51. The fourth-order valence-corrected chi connectivity index (χ4v) is 1.16. The van der Waals surface area contributed by atoms with E-state index in [4.69, 9.17) is 10.8 Å². The highest BCUT2D eigenvalue weighted by Crippen LogP contribution is 2.24. The minimum Gasteiger partial charge on any atom is -0.397 e. The lowest BCUT2D eigenvalue weighted by atomic mass is 10.2. The molecule has 15 heavy (non-hydrogen) atoms. The average Bonchev–Trinajstić information content (AvgIpc) is 2.19. The molecule has 0 heterocycles. The van der Waals surface area contributed by atoms with Gasteiger partial charge in [0.1, 0.15) is 6.73 Å². The number of rotatable bonds is 3. The lowest BCUT2D eigenvalue weighted by Crippen LogP contribution is -2.18. The van der Waals surface area contributed by atoms with E-state index in [0.29, 0.717) is 11.4 Å². The first-order valence-electron chi connectivity index (χ1n) is 4.53. The van der Waals surface area contributed by atoms with E-state index in [0.717, 1.165) is 5.69 Å². The minimum absolute atomic E-state index is 0.0938. The molecule has 4 N–H and O–H groups in total. The van der Waals surface area contributed by atoms with Crippen molar-refractivity contribution < 1.29 is 9.90 Å². The van der Waals surface area contributed by atoms with Gasteiger partial charge in [0.2, 0.25) is 5.91 Å². The van der Waals surface area contributed by atoms with E-state index >= 15 is 0 Å². The molecule has 0 saturated heterocycles. The van der Waals surface area contributed by atoms with E-state index in [9.17, 15) is 4.79 Å². The van der Waals surface area contributed by atoms with Gasteiger partial charge < -0.3 is 21.1 Å². The molecule has 1 aromatic carbocycles. The Morgan fingerprint density at radius 1 is 1.60 bits per heavy atom. The van der Waals surface area contributed by atoms with Crippen LogP contribution >= 0.6 is 0 Å². The first kappa shape index (κ1) is 11.3. The van der Waals surface area contributed by atoms with Crippen molar-refractivity contribution in [1.29, 1.82) is 0 Å².